The standard InChI is InChI=1S/C20H29ClN4O.C6H8O7/c1-4-16(13-25-9-7-24(3)8-10-25)23-20(26)12-17-14(2)22-19-6-5-15(21)11-18(17)19;7-3(8)1-6(13,5(11)12)2-4(9)10/h5-6,11,16,22H,4,7-10,12-13H2,1-3H3,(H,23,26);13H,1-2H2,(H,7,8)(H,9,10)(H,11,12). The summed E-state index contributed by atoms with van der Waals surface area (Å²) in [6, 6.07) is 5.96. The molecule has 13 heteroatoms. The number of hydrogen-bond acceptors (Lipinski definition) is 7. The summed E-state index contributed by atoms with van der Waals surface area (Å²) < 4.78 is 0. The molecule has 1 amide bonds. The van der Waals surface area contributed by atoms with Crippen molar-refractivity contribution >= 4 is 46.3 Å². The highest BCUT2D eigenvalue weighted by Crippen LogP contribution is 2.25. The Labute approximate surface area is 231 Å². The minimum atomic E-state index is -2.74. The molecule has 0 spiro atoms. The number of carbonyl (C=O) groups excluding carboxylic acids is 1. The Bertz CT molecular complexity index is 1160. The lowest BCUT2D eigenvalue weighted by atomic mass is 9.96. The fraction of sp³-hybridized carbons (Fsp3) is 0.538. The lowest BCUT2D eigenvalue weighted by Gasteiger charge is -2.34. The van der Waals surface area contributed by atoms with Crippen LogP contribution in [0.15, 0.2) is 18.2 Å². The van der Waals surface area contributed by atoms with Gasteiger partial charge >= 0.3 is 17.9 Å². The number of aromatic nitrogens is 1. The molecule has 1 unspecified atom stereocenters. The maximum atomic E-state index is 12.7. The van der Waals surface area contributed by atoms with E-state index in [1.54, 1.807) is 0 Å². The third kappa shape index (κ3) is 9.81. The average Bonchev–Trinajstić information content (AvgIpc) is 3.13. The SMILES string of the molecule is CCC(CN1CCN(C)CC1)NC(=O)Cc1c(C)[nH]c2ccc(Cl)cc12.O=C(O)CC(O)(CC(=O)O)C(=O)O. The first-order valence-electron chi connectivity index (χ1n) is 12.6. The topological polar surface area (TPSA) is 183 Å². The van der Waals surface area contributed by atoms with E-state index < -0.39 is 36.4 Å². The van der Waals surface area contributed by atoms with Gasteiger partial charge in [0.1, 0.15) is 0 Å². The van der Waals surface area contributed by atoms with Crippen LogP contribution in [0.3, 0.4) is 0 Å². The molecule has 12 nitrogen and oxygen atoms in total. The number of aromatic amines is 1. The summed E-state index contributed by atoms with van der Waals surface area (Å²) in [6.45, 7) is 9.41. The van der Waals surface area contributed by atoms with E-state index >= 15 is 0 Å². The molecule has 0 radical (unpaired) electrons. The second-order valence-corrected chi connectivity index (χ2v) is 10.3. The van der Waals surface area contributed by atoms with E-state index in [1.807, 2.05) is 25.1 Å². The fourth-order valence-corrected chi connectivity index (χ4v) is 4.53. The Balaban J connectivity index is 0.000000349. The van der Waals surface area contributed by atoms with E-state index in [0.717, 1.165) is 61.3 Å². The highest BCUT2D eigenvalue weighted by molar-refractivity contribution is 6.31. The zero-order valence-electron chi connectivity index (χ0n) is 22.4. The van der Waals surface area contributed by atoms with Gasteiger partial charge in [0.05, 0.1) is 19.3 Å². The number of benzene rings is 1. The number of fused-ring (bicyclic) bond motifs is 1. The van der Waals surface area contributed by atoms with Gasteiger partial charge in [-0.3, -0.25) is 19.3 Å². The van der Waals surface area contributed by atoms with Crippen molar-refractivity contribution < 1.29 is 39.6 Å². The van der Waals surface area contributed by atoms with Crippen molar-refractivity contribution in [1.82, 2.24) is 20.1 Å². The Morgan fingerprint density at radius 2 is 1.67 bits per heavy atom. The lowest BCUT2D eigenvalue weighted by Crippen LogP contribution is -2.50. The molecule has 1 fully saturated rings. The number of halogens is 1. The first kappa shape index (κ1) is 32.0. The second-order valence-electron chi connectivity index (χ2n) is 9.85. The molecule has 1 aliphatic heterocycles. The number of carboxylic acids is 3. The van der Waals surface area contributed by atoms with E-state index in [2.05, 4.69) is 34.1 Å². The number of rotatable bonds is 11. The fourth-order valence-electron chi connectivity index (χ4n) is 4.35. The van der Waals surface area contributed by atoms with Gasteiger partial charge in [0.25, 0.3) is 0 Å². The Hall–Kier alpha value is -3.19. The number of carbonyl (C=O) groups is 4. The summed E-state index contributed by atoms with van der Waals surface area (Å²) >= 11 is 6.14. The number of hydrogen-bond donors (Lipinski definition) is 6. The third-order valence-electron chi connectivity index (χ3n) is 6.64. The van der Waals surface area contributed by atoms with Crippen molar-refractivity contribution in [2.75, 3.05) is 39.8 Å². The summed E-state index contributed by atoms with van der Waals surface area (Å²) in [6.07, 6.45) is -0.967. The molecule has 1 aromatic heterocycles. The van der Waals surface area contributed by atoms with E-state index in [1.165, 1.54) is 0 Å². The molecule has 6 N–H and O–H groups in total. The maximum absolute atomic E-state index is 12.7. The maximum Gasteiger partial charge on any atom is 0.336 e. The predicted molar refractivity (Wildman–Crippen MR) is 145 cm³/mol. The number of aliphatic carboxylic acids is 3. The van der Waals surface area contributed by atoms with Gasteiger partial charge in [-0.2, -0.15) is 0 Å². The number of likely N-dealkylation sites (N-methyl/N-ethyl adjacent to an activating group) is 1. The summed E-state index contributed by atoms with van der Waals surface area (Å²) in [5.74, 6) is -4.94. The van der Waals surface area contributed by atoms with Gasteiger partial charge in [-0.05, 0) is 44.2 Å². The summed E-state index contributed by atoms with van der Waals surface area (Å²) in [5, 5.41) is 38.8. The van der Waals surface area contributed by atoms with E-state index in [9.17, 15) is 19.2 Å². The van der Waals surface area contributed by atoms with Gasteiger partial charge < -0.3 is 35.6 Å². The van der Waals surface area contributed by atoms with Crippen LogP contribution in [-0.2, 0) is 25.6 Å². The molecule has 1 saturated heterocycles. The molecular weight excluding hydrogens is 532 g/mol. The largest absolute Gasteiger partial charge is 0.481 e. The van der Waals surface area contributed by atoms with Gasteiger partial charge in [-0.15, -0.1) is 0 Å². The zero-order valence-corrected chi connectivity index (χ0v) is 23.1. The Kier molecular flexibility index (Phi) is 11.7. The number of aryl methyl sites for hydroxylation is 1. The molecule has 1 aromatic carbocycles. The van der Waals surface area contributed by atoms with E-state index in [0.29, 0.717) is 11.4 Å². The van der Waals surface area contributed by atoms with Crippen LogP contribution >= 0.6 is 11.6 Å². The molecule has 216 valence electrons. The first-order chi connectivity index (χ1) is 18.2. The van der Waals surface area contributed by atoms with Crippen molar-refractivity contribution in [3.8, 4) is 0 Å². The second kappa shape index (κ2) is 14.3. The number of nitrogens with zero attached hydrogens (tertiary/aromatic N) is 2. The van der Waals surface area contributed by atoms with Crippen molar-refractivity contribution in [3.05, 3.63) is 34.5 Å². The van der Waals surface area contributed by atoms with Crippen LogP contribution in [0.5, 0.6) is 0 Å². The van der Waals surface area contributed by atoms with Crippen molar-refractivity contribution in [2.24, 2.45) is 0 Å². The number of nitrogens with one attached hydrogen (secondary N) is 2. The number of amides is 1. The highest BCUT2D eigenvalue weighted by Gasteiger charge is 2.40. The van der Waals surface area contributed by atoms with Crippen molar-refractivity contribution in [2.45, 2.75) is 51.2 Å². The van der Waals surface area contributed by atoms with Crippen molar-refractivity contribution in [1.29, 1.82) is 0 Å². The zero-order chi connectivity index (χ0) is 29.3. The van der Waals surface area contributed by atoms with Crippen LogP contribution in [0.25, 0.3) is 10.9 Å². The minimum Gasteiger partial charge on any atom is -0.481 e. The summed E-state index contributed by atoms with van der Waals surface area (Å²) in [4.78, 5) is 51.3. The molecule has 39 heavy (non-hydrogen) atoms. The van der Waals surface area contributed by atoms with Crippen LogP contribution < -0.4 is 5.32 Å². The molecule has 1 atom stereocenters. The average molecular weight is 569 g/mol. The van der Waals surface area contributed by atoms with Crippen LogP contribution in [0.4, 0.5) is 0 Å². The molecule has 0 aliphatic carbocycles. The molecule has 3 rings (SSSR count). The molecule has 2 aromatic rings. The molecule has 2 heterocycles. The van der Waals surface area contributed by atoms with Gasteiger partial charge in [-0.25, -0.2) is 4.79 Å². The monoisotopic (exact) mass is 568 g/mol. The van der Waals surface area contributed by atoms with Crippen molar-refractivity contribution in [3.63, 3.8) is 0 Å². The highest BCUT2D eigenvalue weighted by atomic mass is 35.5. The molecule has 0 saturated carbocycles. The summed E-state index contributed by atoms with van der Waals surface area (Å²) in [7, 11) is 2.16. The van der Waals surface area contributed by atoms with Crippen LogP contribution in [0, 0.1) is 6.92 Å². The van der Waals surface area contributed by atoms with Gasteiger partial charge in [-0.1, -0.05) is 18.5 Å². The number of carboxylic acid groups (broad SMARTS) is 3. The number of H-pyrrole nitrogens is 1. The molecular formula is C26H37ClN4O8. The minimum absolute atomic E-state index is 0.0787. The number of aliphatic hydroxyl groups is 1. The Morgan fingerprint density at radius 1 is 1.08 bits per heavy atom. The first-order valence-corrected chi connectivity index (χ1v) is 13.0. The Morgan fingerprint density at radius 3 is 2.18 bits per heavy atom. The third-order valence-corrected chi connectivity index (χ3v) is 6.87. The lowest BCUT2D eigenvalue weighted by molar-refractivity contribution is -0.170. The summed E-state index contributed by atoms with van der Waals surface area (Å²) in [5.41, 5.74) is 0.357. The molecule has 0 bridgehead atoms. The van der Waals surface area contributed by atoms with Gasteiger partial charge in [0, 0.05) is 60.4 Å². The van der Waals surface area contributed by atoms with Crippen LogP contribution in [-0.4, -0.2) is 110 Å². The number of piperazine rings is 1. The van der Waals surface area contributed by atoms with Gasteiger partial charge in [0.2, 0.25) is 5.91 Å². The quantitative estimate of drug-likeness (QED) is 0.232. The smallest absolute Gasteiger partial charge is 0.336 e. The molecule has 1 aliphatic rings. The normalized spacial score (nSPS) is 15.3. The van der Waals surface area contributed by atoms with Crippen LogP contribution in [0.2, 0.25) is 5.02 Å². The van der Waals surface area contributed by atoms with E-state index in [-0.39, 0.29) is 11.9 Å². The van der Waals surface area contributed by atoms with E-state index in [4.69, 9.17) is 32.0 Å². The predicted octanol–water partition coefficient (Wildman–Crippen LogP) is 1.57. The van der Waals surface area contributed by atoms with Crippen LogP contribution in [0.1, 0.15) is 37.4 Å². The van der Waals surface area contributed by atoms with Gasteiger partial charge in [0.15, 0.2) is 5.60 Å².